The van der Waals surface area contributed by atoms with E-state index in [1.54, 1.807) is 0 Å². The monoisotopic (exact) mass is 273 g/mol. The van der Waals surface area contributed by atoms with Gasteiger partial charge >= 0.3 is 0 Å². The van der Waals surface area contributed by atoms with E-state index < -0.39 is 6.04 Å². The van der Waals surface area contributed by atoms with E-state index in [9.17, 15) is 9.59 Å². The molecule has 0 heterocycles. The highest BCUT2D eigenvalue weighted by molar-refractivity contribution is 5.90. The number of nitrogens with one attached hydrogen (secondary N) is 1. The first-order valence-electron chi connectivity index (χ1n) is 7.16. The molecule has 0 aliphatic heterocycles. The predicted octanol–water partition coefficient (Wildman–Crippen LogP) is 2.91. The number of hydrogen-bond acceptors (Lipinski definition) is 2. The maximum atomic E-state index is 12.3. The average Bonchev–Trinajstić information content (AvgIpc) is 3.15. The van der Waals surface area contributed by atoms with Crippen LogP contribution in [-0.4, -0.2) is 17.7 Å². The Kier molecular flexibility index (Phi) is 3.98. The van der Waals surface area contributed by atoms with Crippen molar-refractivity contribution in [2.75, 3.05) is 0 Å². The second kappa shape index (κ2) is 5.39. The van der Waals surface area contributed by atoms with Crippen LogP contribution in [0.1, 0.15) is 45.6 Å². The highest BCUT2D eigenvalue weighted by Gasteiger charge is 2.45. The number of amides is 1. The van der Waals surface area contributed by atoms with Crippen LogP contribution in [0.3, 0.4) is 0 Å². The first-order valence-corrected chi connectivity index (χ1v) is 7.16. The van der Waals surface area contributed by atoms with Crippen molar-refractivity contribution < 1.29 is 9.59 Å². The van der Waals surface area contributed by atoms with Crippen LogP contribution in [0.4, 0.5) is 0 Å². The zero-order valence-electron chi connectivity index (χ0n) is 12.6. The van der Waals surface area contributed by atoms with E-state index in [1.165, 1.54) is 12.5 Å². The van der Waals surface area contributed by atoms with E-state index in [1.807, 2.05) is 39.0 Å². The van der Waals surface area contributed by atoms with Crippen molar-refractivity contribution in [1.29, 1.82) is 0 Å². The Morgan fingerprint density at radius 3 is 2.30 bits per heavy atom. The summed E-state index contributed by atoms with van der Waals surface area (Å²) < 4.78 is 0. The lowest BCUT2D eigenvalue weighted by atomic mass is 9.84. The van der Waals surface area contributed by atoms with E-state index in [0.29, 0.717) is 5.92 Å². The molecule has 1 aromatic rings. The van der Waals surface area contributed by atoms with Crippen molar-refractivity contribution in [3.8, 4) is 0 Å². The average molecular weight is 273 g/mol. The minimum absolute atomic E-state index is 0.00831. The van der Waals surface area contributed by atoms with Gasteiger partial charge in [0.05, 0.1) is 6.04 Å². The van der Waals surface area contributed by atoms with Crippen molar-refractivity contribution in [2.45, 2.75) is 46.1 Å². The summed E-state index contributed by atoms with van der Waals surface area (Å²) in [6.45, 7) is 7.46. The van der Waals surface area contributed by atoms with E-state index in [0.717, 1.165) is 6.42 Å². The Labute approximate surface area is 120 Å². The van der Waals surface area contributed by atoms with Crippen molar-refractivity contribution in [3.05, 3.63) is 35.9 Å². The minimum atomic E-state index is -0.410. The topological polar surface area (TPSA) is 46.2 Å². The van der Waals surface area contributed by atoms with Gasteiger partial charge in [-0.15, -0.1) is 0 Å². The van der Waals surface area contributed by atoms with E-state index in [2.05, 4.69) is 17.4 Å². The first-order chi connectivity index (χ1) is 9.30. The van der Waals surface area contributed by atoms with Crippen LogP contribution in [0.2, 0.25) is 0 Å². The van der Waals surface area contributed by atoms with Gasteiger partial charge in [0.1, 0.15) is 0 Å². The minimum Gasteiger partial charge on any atom is -0.346 e. The number of carbonyl (C=O) groups is 2. The maximum Gasteiger partial charge on any atom is 0.224 e. The van der Waals surface area contributed by atoms with Gasteiger partial charge in [0.2, 0.25) is 5.91 Å². The van der Waals surface area contributed by atoms with E-state index in [4.69, 9.17) is 0 Å². The molecule has 0 aromatic heterocycles. The van der Waals surface area contributed by atoms with Crippen LogP contribution in [0.25, 0.3) is 0 Å². The molecular weight excluding hydrogens is 250 g/mol. The third kappa shape index (κ3) is 3.27. The summed E-state index contributed by atoms with van der Waals surface area (Å²) in [6, 6.07) is 9.68. The van der Waals surface area contributed by atoms with Gasteiger partial charge in [0, 0.05) is 5.92 Å². The summed E-state index contributed by atoms with van der Waals surface area (Å²) in [5.41, 5.74) is 0.960. The number of ketones is 1. The maximum absolute atomic E-state index is 12.3. The number of carbonyl (C=O) groups excluding carboxylic acids is 2. The second-order valence-corrected chi connectivity index (χ2v) is 6.78. The Bertz CT molecular complexity index is 501. The third-order valence-electron chi connectivity index (χ3n) is 3.91. The molecule has 3 heteroatoms. The molecule has 2 unspecified atom stereocenters. The van der Waals surface area contributed by atoms with Crippen LogP contribution in [0, 0.1) is 11.3 Å². The molecule has 0 spiro atoms. The number of rotatable bonds is 4. The molecule has 0 radical (unpaired) electrons. The summed E-state index contributed by atoms with van der Waals surface area (Å²) in [7, 11) is 0. The van der Waals surface area contributed by atoms with Crippen molar-refractivity contribution >= 4 is 11.7 Å². The van der Waals surface area contributed by atoms with Gasteiger partial charge in [-0.1, -0.05) is 51.1 Å². The van der Waals surface area contributed by atoms with Crippen LogP contribution in [-0.2, 0) is 9.59 Å². The quantitative estimate of drug-likeness (QED) is 0.917. The number of benzene rings is 1. The molecule has 3 nitrogen and oxygen atoms in total. The first kappa shape index (κ1) is 14.8. The summed E-state index contributed by atoms with van der Waals surface area (Å²) in [5.74, 6) is 0.349. The lowest BCUT2D eigenvalue weighted by Crippen LogP contribution is -2.48. The van der Waals surface area contributed by atoms with Crippen molar-refractivity contribution in [3.63, 3.8) is 0 Å². The fourth-order valence-electron chi connectivity index (χ4n) is 2.73. The zero-order valence-corrected chi connectivity index (χ0v) is 12.6. The lowest BCUT2D eigenvalue weighted by molar-refractivity contribution is -0.129. The van der Waals surface area contributed by atoms with Crippen molar-refractivity contribution in [2.24, 2.45) is 11.3 Å². The molecular formula is C17H23NO2. The van der Waals surface area contributed by atoms with Crippen LogP contribution < -0.4 is 5.32 Å². The summed E-state index contributed by atoms with van der Waals surface area (Å²) in [6.07, 6.45) is 0.880. The molecule has 20 heavy (non-hydrogen) atoms. The highest BCUT2D eigenvalue weighted by atomic mass is 16.2. The SMILES string of the molecule is CC(=O)[C@@H](NC(=O)C1CC1c1ccccc1)C(C)(C)C. The molecule has 108 valence electrons. The Hall–Kier alpha value is -1.64. The smallest absolute Gasteiger partial charge is 0.224 e. The van der Waals surface area contributed by atoms with Crippen LogP contribution >= 0.6 is 0 Å². The predicted molar refractivity (Wildman–Crippen MR) is 79.4 cm³/mol. The molecule has 0 saturated heterocycles. The molecule has 1 amide bonds. The van der Waals surface area contributed by atoms with E-state index >= 15 is 0 Å². The number of hydrogen-bond donors (Lipinski definition) is 1. The molecule has 1 aromatic carbocycles. The Morgan fingerprint density at radius 2 is 1.80 bits per heavy atom. The summed E-state index contributed by atoms with van der Waals surface area (Å²) in [5, 5.41) is 2.93. The molecule has 1 N–H and O–H groups in total. The largest absolute Gasteiger partial charge is 0.346 e. The third-order valence-corrected chi connectivity index (χ3v) is 3.91. The molecule has 0 bridgehead atoms. The van der Waals surface area contributed by atoms with Gasteiger partial charge < -0.3 is 5.32 Å². The van der Waals surface area contributed by atoms with Crippen molar-refractivity contribution in [1.82, 2.24) is 5.32 Å². The Morgan fingerprint density at radius 1 is 1.20 bits per heavy atom. The van der Waals surface area contributed by atoms with Crippen LogP contribution in [0.15, 0.2) is 30.3 Å². The standard InChI is InChI=1S/C17H23NO2/c1-11(19)15(17(2,3)4)18-16(20)14-10-13(14)12-8-6-5-7-9-12/h5-9,13-15H,10H2,1-4H3,(H,18,20)/t13?,14?,15-/m1/s1. The zero-order chi connectivity index (χ0) is 14.9. The number of Topliss-reactive ketones (excluding diaryl/α,β-unsaturated/α-hetero) is 1. The molecule has 1 aliphatic rings. The summed E-state index contributed by atoms with van der Waals surface area (Å²) >= 11 is 0. The van der Waals surface area contributed by atoms with Gasteiger partial charge in [0.15, 0.2) is 5.78 Å². The molecule has 1 aliphatic carbocycles. The molecule has 1 saturated carbocycles. The fourth-order valence-corrected chi connectivity index (χ4v) is 2.73. The van der Waals surface area contributed by atoms with Gasteiger partial charge in [-0.25, -0.2) is 0 Å². The Balaban J connectivity index is 1.99. The lowest BCUT2D eigenvalue weighted by Gasteiger charge is -2.29. The fraction of sp³-hybridized carbons (Fsp3) is 0.529. The van der Waals surface area contributed by atoms with Gasteiger partial charge in [-0.3, -0.25) is 9.59 Å². The van der Waals surface area contributed by atoms with Gasteiger partial charge in [-0.05, 0) is 30.2 Å². The molecule has 2 rings (SSSR count). The van der Waals surface area contributed by atoms with Gasteiger partial charge in [-0.2, -0.15) is 0 Å². The second-order valence-electron chi connectivity index (χ2n) is 6.78. The van der Waals surface area contributed by atoms with E-state index in [-0.39, 0.29) is 23.0 Å². The van der Waals surface area contributed by atoms with Gasteiger partial charge in [0.25, 0.3) is 0 Å². The summed E-state index contributed by atoms with van der Waals surface area (Å²) in [4.78, 5) is 24.0. The molecule has 1 fully saturated rings. The molecule has 3 atom stereocenters. The van der Waals surface area contributed by atoms with Crippen LogP contribution in [0.5, 0.6) is 0 Å². The normalized spacial score (nSPS) is 23.0. The highest BCUT2D eigenvalue weighted by Crippen LogP contribution is 2.47.